The Balaban J connectivity index is 3.21. The average Bonchev–Trinajstić information content (AvgIpc) is 2.42. The van der Waals surface area contributed by atoms with Gasteiger partial charge in [-0.1, -0.05) is 23.7 Å². The lowest BCUT2D eigenvalue weighted by Crippen LogP contribution is -2.33. The van der Waals surface area contributed by atoms with Crippen LogP contribution in [0.25, 0.3) is 0 Å². The number of benzene rings is 1. The third-order valence-electron chi connectivity index (χ3n) is 2.89. The van der Waals surface area contributed by atoms with Crippen molar-refractivity contribution in [3.8, 4) is 0 Å². The van der Waals surface area contributed by atoms with Crippen molar-refractivity contribution in [1.82, 2.24) is 0 Å². The molecule has 0 aliphatic heterocycles. The second kappa shape index (κ2) is 7.65. The molecular weight excluding hydrogens is 323 g/mol. The second-order valence-corrected chi connectivity index (χ2v) is 6.80. The molecule has 4 nitrogen and oxygen atoms in total. The minimum absolute atomic E-state index is 0.148. The summed E-state index contributed by atoms with van der Waals surface area (Å²) in [6, 6.07) is 5.80. The van der Waals surface area contributed by atoms with Crippen molar-refractivity contribution in [1.29, 1.82) is 0 Å². The Morgan fingerprint density at radius 1 is 1.24 bits per heavy atom. The Kier molecular flexibility index (Phi) is 6.75. The van der Waals surface area contributed by atoms with Crippen LogP contribution in [0.15, 0.2) is 24.3 Å². The minimum Gasteiger partial charge on any atom is -0.330 e. The molecule has 0 unspecified atom stereocenters. The van der Waals surface area contributed by atoms with Crippen molar-refractivity contribution < 1.29 is 22.4 Å². The summed E-state index contributed by atoms with van der Waals surface area (Å²) in [6.07, 6.45) is 0. The van der Waals surface area contributed by atoms with Crippen LogP contribution in [0, 0.1) is 0 Å². The lowest BCUT2D eigenvalue weighted by Gasteiger charge is -2.31. The molecule has 8 heteroatoms. The van der Waals surface area contributed by atoms with E-state index in [-0.39, 0.29) is 18.8 Å². The summed E-state index contributed by atoms with van der Waals surface area (Å²) in [6.45, 7) is 2.25. The minimum atomic E-state index is -4.62. The molecular formula is C13H19ClF2NO3P. The SMILES string of the molecule is CCOP(=O)(OCC)C(F)(F)[C@@H](CN)c1ccc(Cl)cc1. The van der Waals surface area contributed by atoms with E-state index in [1.807, 2.05) is 0 Å². The fourth-order valence-corrected chi connectivity index (χ4v) is 3.77. The lowest BCUT2D eigenvalue weighted by atomic mass is 10.00. The van der Waals surface area contributed by atoms with Crippen LogP contribution in [0.3, 0.4) is 0 Å². The van der Waals surface area contributed by atoms with E-state index in [4.69, 9.17) is 26.4 Å². The van der Waals surface area contributed by atoms with Gasteiger partial charge in [-0.3, -0.25) is 4.57 Å². The molecule has 2 N–H and O–H groups in total. The number of rotatable bonds is 8. The second-order valence-electron chi connectivity index (χ2n) is 4.26. The fraction of sp³-hybridized carbons (Fsp3) is 0.538. The lowest BCUT2D eigenvalue weighted by molar-refractivity contribution is 0.0168. The van der Waals surface area contributed by atoms with Gasteiger partial charge in [0, 0.05) is 11.6 Å². The van der Waals surface area contributed by atoms with Crippen LogP contribution in [-0.4, -0.2) is 25.4 Å². The first-order valence-corrected chi connectivity index (χ1v) is 8.47. The van der Waals surface area contributed by atoms with Crippen LogP contribution >= 0.6 is 19.2 Å². The van der Waals surface area contributed by atoms with Gasteiger partial charge >= 0.3 is 13.3 Å². The van der Waals surface area contributed by atoms with E-state index in [0.29, 0.717) is 5.02 Å². The van der Waals surface area contributed by atoms with Gasteiger partial charge in [-0.05, 0) is 31.5 Å². The first kappa shape index (κ1) is 18.5. The normalized spacial score (nSPS) is 14.2. The van der Waals surface area contributed by atoms with Crippen molar-refractivity contribution >= 4 is 19.2 Å². The quantitative estimate of drug-likeness (QED) is 0.718. The Bertz CT molecular complexity index is 489. The molecule has 0 aliphatic carbocycles. The molecule has 0 spiro atoms. The Morgan fingerprint density at radius 2 is 1.71 bits per heavy atom. The summed E-state index contributed by atoms with van der Waals surface area (Å²) >= 11 is 5.74. The highest BCUT2D eigenvalue weighted by atomic mass is 35.5. The highest BCUT2D eigenvalue weighted by Crippen LogP contribution is 2.66. The monoisotopic (exact) mass is 341 g/mol. The maximum Gasteiger partial charge on any atom is 0.400 e. The van der Waals surface area contributed by atoms with E-state index in [0.717, 1.165) is 0 Å². The molecule has 0 saturated heterocycles. The maximum atomic E-state index is 14.7. The number of halogens is 3. The summed E-state index contributed by atoms with van der Waals surface area (Å²) in [7, 11) is -4.62. The highest BCUT2D eigenvalue weighted by molar-refractivity contribution is 7.55. The van der Waals surface area contributed by atoms with Crippen molar-refractivity contribution in [2.45, 2.75) is 25.4 Å². The maximum absolute atomic E-state index is 14.7. The zero-order valence-corrected chi connectivity index (χ0v) is 13.5. The molecule has 0 saturated carbocycles. The molecule has 0 radical (unpaired) electrons. The van der Waals surface area contributed by atoms with Crippen LogP contribution in [0.1, 0.15) is 25.3 Å². The Labute approximate surface area is 128 Å². The molecule has 0 aliphatic rings. The van der Waals surface area contributed by atoms with Crippen LogP contribution < -0.4 is 5.73 Å². The predicted molar refractivity (Wildman–Crippen MR) is 79.1 cm³/mol. The van der Waals surface area contributed by atoms with Crippen molar-refractivity contribution in [2.24, 2.45) is 5.73 Å². The van der Waals surface area contributed by atoms with Gasteiger partial charge in [-0.15, -0.1) is 0 Å². The number of alkyl halides is 2. The molecule has 0 aromatic heterocycles. The van der Waals surface area contributed by atoms with E-state index >= 15 is 0 Å². The Morgan fingerprint density at radius 3 is 2.10 bits per heavy atom. The number of nitrogens with two attached hydrogens (primary N) is 1. The van der Waals surface area contributed by atoms with Crippen molar-refractivity contribution in [2.75, 3.05) is 19.8 Å². The first-order valence-electron chi connectivity index (χ1n) is 6.55. The van der Waals surface area contributed by atoms with Gasteiger partial charge in [0.15, 0.2) is 0 Å². The van der Waals surface area contributed by atoms with Gasteiger partial charge < -0.3 is 14.8 Å². The van der Waals surface area contributed by atoms with Crippen LogP contribution in [0.2, 0.25) is 5.02 Å². The number of hydrogen-bond donors (Lipinski definition) is 1. The average molecular weight is 342 g/mol. The molecule has 1 atom stereocenters. The summed E-state index contributed by atoms with van der Waals surface area (Å²) in [4.78, 5) is 0. The van der Waals surface area contributed by atoms with E-state index < -0.39 is 25.7 Å². The largest absolute Gasteiger partial charge is 0.400 e. The van der Waals surface area contributed by atoms with Gasteiger partial charge in [0.2, 0.25) is 0 Å². The molecule has 1 aromatic rings. The smallest absolute Gasteiger partial charge is 0.330 e. The third-order valence-corrected chi connectivity index (χ3v) is 5.38. The summed E-state index contributed by atoms with van der Waals surface area (Å²) in [5, 5.41) is 0.413. The standard InChI is InChI=1S/C13H19ClF2NO3P/c1-3-19-21(18,20-4-2)13(15,16)12(9-17)10-5-7-11(14)8-6-10/h5-8,12H,3-4,9,17H2,1-2H3/t12-/m0/s1. The van der Waals surface area contributed by atoms with E-state index in [2.05, 4.69) is 0 Å². The highest BCUT2D eigenvalue weighted by Gasteiger charge is 2.58. The van der Waals surface area contributed by atoms with Crippen LogP contribution in [-0.2, 0) is 13.6 Å². The van der Waals surface area contributed by atoms with E-state index in [1.54, 1.807) is 0 Å². The zero-order valence-electron chi connectivity index (χ0n) is 11.9. The van der Waals surface area contributed by atoms with Crippen molar-refractivity contribution in [3.63, 3.8) is 0 Å². The van der Waals surface area contributed by atoms with Crippen molar-refractivity contribution in [3.05, 3.63) is 34.9 Å². The van der Waals surface area contributed by atoms with Gasteiger partial charge in [0.25, 0.3) is 0 Å². The van der Waals surface area contributed by atoms with Gasteiger partial charge in [-0.2, -0.15) is 8.78 Å². The third kappa shape index (κ3) is 4.02. The molecule has 0 bridgehead atoms. The summed E-state index contributed by atoms with van der Waals surface area (Å²) in [5.41, 5.74) is 1.97. The van der Waals surface area contributed by atoms with Gasteiger partial charge in [0.1, 0.15) is 0 Å². The fourth-order valence-electron chi connectivity index (χ4n) is 1.91. The molecule has 21 heavy (non-hydrogen) atoms. The molecule has 0 amide bonds. The summed E-state index contributed by atoms with van der Waals surface area (Å²) in [5.74, 6) is -1.49. The Hall–Kier alpha value is -0.520. The topological polar surface area (TPSA) is 61.5 Å². The van der Waals surface area contributed by atoms with Gasteiger partial charge in [0.05, 0.1) is 19.1 Å². The van der Waals surface area contributed by atoms with Crippen LogP contribution in [0.4, 0.5) is 8.78 Å². The summed E-state index contributed by atoms with van der Waals surface area (Å²) < 4.78 is 51.3. The molecule has 1 aromatic carbocycles. The van der Waals surface area contributed by atoms with Gasteiger partial charge in [-0.25, -0.2) is 0 Å². The molecule has 0 heterocycles. The molecule has 1 rings (SSSR count). The molecule has 120 valence electrons. The molecule has 0 fully saturated rings. The van der Waals surface area contributed by atoms with E-state index in [1.165, 1.54) is 38.1 Å². The number of hydrogen-bond acceptors (Lipinski definition) is 4. The zero-order chi connectivity index (χ0) is 16.1. The predicted octanol–water partition coefficient (Wildman–Crippen LogP) is 4.24. The van der Waals surface area contributed by atoms with E-state index in [9.17, 15) is 13.3 Å². The van der Waals surface area contributed by atoms with Crippen LogP contribution in [0.5, 0.6) is 0 Å². The first-order chi connectivity index (χ1) is 9.82.